The number of hydrogen-bond donors (Lipinski definition) is 2. The van der Waals surface area contributed by atoms with Crippen LogP contribution < -0.4 is 11.3 Å². The Bertz CT molecular complexity index is 206. The molecule has 3 N–H and O–H groups in total. The fourth-order valence-electron chi connectivity index (χ4n) is 1.04. The Kier molecular flexibility index (Phi) is 2.86. The van der Waals surface area contributed by atoms with E-state index in [2.05, 4.69) is 17.6 Å². The molecule has 0 fully saturated rings. The molecule has 1 aliphatic rings. The van der Waals surface area contributed by atoms with Gasteiger partial charge in [-0.1, -0.05) is 18.2 Å². The summed E-state index contributed by atoms with van der Waals surface area (Å²) in [5.41, 5.74) is 3.15. The molecule has 1 amide bonds. The van der Waals surface area contributed by atoms with Gasteiger partial charge in [-0.3, -0.25) is 10.2 Å². The van der Waals surface area contributed by atoms with E-state index in [1.807, 2.05) is 6.08 Å². The summed E-state index contributed by atoms with van der Waals surface area (Å²) in [7, 11) is 0. The van der Waals surface area contributed by atoms with Crippen molar-refractivity contribution in [2.24, 2.45) is 5.84 Å². The maximum absolute atomic E-state index is 10.8. The van der Waals surface area contributed by atoms with Crippen LogP contribution in [0.1, 0.15) is 19.3 Å². The second kappa shape index (κ2) is 3.93. The minimum atomic E-state index is -0.136. The van der Waals surface area contributed by atoms with Crippen LogP contribution in [0, 0.1) is 0 Å². The number of amides is 1. The van der Waals surface area contributed by atoms with Gasteiger partial charge in [-0.15, -0.1) is 0 Å². The summed E-state index contributed by atoms with van der Waals surface area (Å²) in [5, 5.41) is 0. The first kappa shape index (κ1) is 8.01. The van der Waals surface area contributed by atoms with Gasteiger partial charge in [-0.25, -0.2) is 5.84 Å². The highest BCUT2D eigenvalue weighted by Crippen LogP contribution is 2.12. The number of rotatable bonds is 2. The Morgan fingerprint density at radius 2 is 2.45 bits per heavy atom. The van der Waals surface area contributed by atoms with Crippen molar-refractivity contribution in [1.82, 2.24) is 5.43 Å². The van der Waals surface area contributed by atoms with Gasteiger partial charge < -0.3 is 0 Å². The average molecular weight is 152 g/mol. The predicted molar refractivity (Wildman–Crippen MR) is 43.4 cm³/mol. The number of hydrazine groups is 1. The number of allylic oxidation sites excluding steroid dienone is 3. The van der Waals surface area contributed by atoms with Crippen molar-refractivity contribution in [3.63, 3.8) is 0 Å². The molecule has 0 aromatic rings. The molecule has 0 aliphatic heterocycles. The lowest BCUT2D eigenvalue weighted by Crippen LogP contribution is -2.30. The van der Waals surface area contributed by atoms with Gasteiger partial charge in [-0.2, -0.15) is 0 Å². The van der Waals surface area contributed by atoms with E-state index >= 15 is 0 Å². The SMILES string of the molecule is NNC(=O)CC1=CCCC=C1. The zero-order chi connectivity index (χ0) is 8.10. The van der Waals surface area contributed by atoms with E-state index in [1.165, 1.54) is 0 Å². The second-order valence-electron chi connectivity index (χ2n) is 2.50. The van der Waals surface area contributed by atoms with Crippen molar-refractivity contribution < 1.29 is 4.79 Å². The lowest BCUT2D eigenvalue weighted by Gasteiger charge is -2.04. The fraction of sp³-hybridized carbons (Fsp3) is 0.375. The van der Waals surface area contributed by atoms with Gasteiger partial charge in [0.1, 0.15) is 0 Å². The Hall–Kier alpha value is -1.09. The monoisotopic (exact) mass is 152 g/mol. The van der Waals surface area contributed by atoms with E-state index in [0.29, 0.717) is 6.42 Å². The van der Waals surface area contributed by atoms with Crippen molar-refractivity contribution in [1.29, 1.82) is 0 Å². The van der Waals surface area contributed by atoms with Crippen LogP contribution in [-0.2, 0) is 4.79 Å². The van der Waals surface area contributed by atoms with E-state index in [-0.39, 0.29) is 5.91 Å². The van der Waals surface area contributed by atoms with Gasteiger partial charge in [0.2, 0.25) is 5.91 Å². The third-order valence-corrected chi connectivity index (χ3v) is 1.60. The molecule has 0 aromatic heterocycles. The van der Waals surface area contributed by atoms with Crippen LogP contribution in [0.2, 0.25) is 0 Å². The maximum Gasteiger partial charge on any atom is 0.238 e. The highest BCUT2D eigenvalue weighted by Gasteiger charge is 2.02. The van der Waals surface area contributed by atoms with E-state index in [9.17, 15) is 4.79 Å². The topological polar surface area (TPSA) is 55.1 Å². The quantitative estimate of drug-likeness (QED) is 0.346. The van der Waals surface area contributed by atoms with E-state index < -0.39 is 0 Å². The molecule has 3 heteroatoms. The lowest BCUT2D eigenvalue weighted by molar-refractivity contribution is -0.120. The van der Waals surface area contributed by atoms with Crippen molar-refractivity contribution in [3.8, 4) is 0 Å². The van der Waals surface area contributed by atoms with E-state index in [0.717, 1.165) is 18.4 Å². The molecule has 3 nitrogen and oxygen atoms in total. The first-order valence-electron chi connectivity index (χ1n) is 3.68. The van der Waals surface area contributed by atoms with Gasteiger partial charge >= 0.3 is 0 Å². The first-order valence-corrected chi connectivity index (χ1v) is 3.68. The first-order chi connectivity index (χ1) is 5.33. The van der Waals surface area contributed by atoms with Crippen LogP contribution in [0.5, 0.6) is 0 Å². The molecule has 0 unspecified atom stereocenters. The summed E-state index contributed by atoms with van der Waals surface area (Å²) >= 11 is 0. The van der Waals surface area contributed by atoms with Crippen molar-refractivity contribution in [2.45, 2.75) is 19.3 Å². The molecule has 0 saturated heterocycles. The molecule has 1 rings (SSSR count). The smallest absolute Gasteiger partial charge is 0.238 e. The van der Waals surface area contributed by atoms with Crippen molar-refractivity contribution in [3.05, 3.63) is 23.8 Å². The number of hydrogen-bond acceptors (Lipinski definition) is 2. The number of nitrogens with two attached hydrogens (primary N) is 1. The van der Waals surface area contributed by atoms with Crippen LogP contribution in [0.3, 0.4) is 0 Å². The summed E-state index contributed by atoms with van der Waals surface area (Å²) in [6.07, 6.45) is 8.61. The summed E-state index contributed by atoms with van der Waals surface area (Å²) < 4.78 is 0. The van der Waals surface area contributed by atoms with Gasteiger partial charge in [0.15, 0.2) is 0 Å². The van der Waals surface area contributed by atoms with Gasteiger partial charge in [0, 0.05) is 0 Å². The fourth-order valence-corrected chi connectivity index (χ4v) is 1.04. The third-order valence-electron chi connectivity index (χ3n) is 1.60. The summed E-state index contributed by atoms with van der Waals surface area (Å²) in [5.74, 6) is 4.80. The molecular formula is C8H12N2O. The largest absolute Gasteiger partial charge is 0.294 e. The van der Waals surface area contributed by atoms with E-state index in [1.54, 1.807) is 0 Å². The van der Waals surface area contributed by atoms with Crippen molar-refractivity contribution >= 4 is 5.91 Å². The molecule has 0 heterocycles. The molecule has 60 valence electrons. The normalized spacial score (nSPS) is 15.9. The summed E-state index contributed by atoms with van der Waals surface area (Å²) in [6.45, 7) is 0. The highest BCUT2D eigenvalue weighted by atomic mass is 16.2. The molecule has 0 bridgehead atoms. The average Bonchev–Trinajstić information content (AvgIpc) is 2.06. The predicted octanol–water partition coefficient (Wildman–Crippen LogP) is 0.643. The molecule has 0 aromatic carbocycles. The molecule has 1 aliphatic carbocycles. The van der Waals surface area contributed by atoms with Crippen LogP contribution >= 0.6 is 0 Å². The zero-order valence-corrected chi connectivity index (χ0v) is 6.34. The second-order valence-corrected chi connectivity index (χ2v) is 2.50. The standard InChI is InChI=1S/C8H12N2O/c9-10-8(11)6-7-4-2-1-3-5-7/h2,4-5H,1,3,6,9H2,(H,10,11). The van der Waals surface area contributed by atoms with Crippen molar-refractivity contribution in [2.75, 3.05) is 0 Å². The Labute approximate surface area is 65.9 Å². The number of carbonyl (C=O) groups excluding carboxylic acids is 1. The molecule has 0 spiro atoms. The van der Waals surface area contributed by atoms with Crippen LogP contribution in [-0.4, -0.2) is 5.91 Å². The summed E-state index contributed by atoms with van der Waals surface area (Å²) in [4.78, 5) is 10.8. The van der Waals surface area contributed by atoms with Gasteiger partial charge in [0.25, 0.3) is 0 Å². The lowest BCUT2D eigenvalue weighted by atomic mass is 10.0. The Morgan fingerprint density at radius 1 is 1.64 bits per heavy atom. The third kappa shape index (κ3) is 2.55. The minimum absolute atomic E-state index is 0.136. The molecule has 0 atom stereocenters. The van der Waals surface area contributed by atoms with Crippen LogP contribution in [0.25, 0.3) is 0 Å². The molecular weight excluding hydrogens is 140 g/mol. The van der Waals surface area contributed by atoms with E-state index in [4.69, 9.17) is 5.84 Å². The molecule has 0 saturated carbocycles. The zero-order valence-electron chi connectivity index (χ0n) is 6.34. The molecule has 0 radical (unpaired) electrons. The van der Waals surface area contributed by atoms with Crippen LogP contribution in [0.15, 0.2) is 23.8 Å². The Balaban J connectivity index is 2.42. The molecule has 11 heavy (non-hydrogen) atoms. The van der Waals surface area contributed by atoms with Crippen LogP contribution in [0.4, 0.5) is 0 Å². The summed E-state index contributed by atoms with van der Waals surface area (Å²) in [6, 6.07) is 0. The van der Waals surface area contributed by atoms with Gasteiger partial charge in [-0.05, 0) is 18.4 Å². The number of nitrogens with one attached hydrogen (secondary N) is 1. The number of carbonyl (C=O) groups is 1. The minimum Gasteiger partial charge on any atom is -0.294 e. The highest BCUT2D eigenvalue weighted by molar-refractivity contribution is 5.78. The Morgan fingerprint density at radius 3 is 3.00 bits per heavy atom. The maximum atomic E-state index is 10.8. The van der Waals surface area contributed by atoms with Gasteiger partial charge in [0.05, 0.1) is 6.42 Å².